The highest BCUT2D eigenvalue weighted by Crippen LogP contribution is 2.28. The predicted octanol–water partition coefficient (Wildman–Crippen LogP) is 5.19. The third-order valence-corrected chi connectivity index (χ3v) is 12.0. The number of nitrogens with zero attached hydrogens (tertiary/aromatic N) is 3. The predicted molar refractivity (Wildman–Crippen MR) is 219 cm³/mol. The van der Waals surface area contributed by atoms with Crippen LogP contribution >= 0.6 is 11.3 Å². The highest BCUT2D eigenvalue weighted by molar-refractivity contribution is 7.09. The molecule has 1 fully saturated rings. The van der Waals surface area contributed by atoms with Crippen LogP contribution in [0.25, 0.3) is 0 Å². The number of aliphatic hydroxyl groups excluding tert-OH is 1. The number of carboxylic acids is 1. The van der Waals surface area contributed by atoms with Crippen molar-refractivity contribution in [3.05, 3.63) is 52.0 Å². The molecular formula is C42H66N6O7S. The van der Waals surface area contributed by atoms with Gasteiger partial charge in [0, 0.05) is 49.8 Å². The van der Waals surface area contributed by atoms with Crippen LogP contribution in [0, 0.1) is 17.8 Å². The Balaban J connectivity index is 1.66. The topological polar surface area (TPSA) is 181 Å². The SMILES string of the molecule is CC[C@H](C)[C@H](NC(=O)[C@@H]1CCCCN1C)C(=O)N(C)C(CC(O)c1nc(C(=O)N[C@@H](Cc2ccccc2)C[C@H](C)C(=O)NCCCCCC(=O)O)cs1)C(C)C. The summed E-state index contributed by atoms with van der Waals surface area (Å²) in [5, 5.41) is 31.3. The van der Waals surface area contributed by atoms with Crippen LogP contribution in [0.2, 0.25) is 0 Å². The van der Waals surface area contributed by atoms with E-state index in [-0.39, 0.29) is 66.2 Å². The van der Waals surface area contributed by atoms with Crippen LogP contribution in [0.4, 0.5) is 0 Å². The monoisotopic (exact) mass is 798 g/mol. The van der Waals surface area contributed by atoms with Crippen LogP contribution < -0.4 is 16.0 Å². The lowest BCUT2D eigenvalue weighted by atomic mass is 9.92. The van der Waals surface area contributed by atoms with Crippen molar-refractivity contribution < 1.29 is 34.2 Å². The summed E-state index contributed by atoms with van der Waals surface area (Å²) in [6, 6.07) is 8.01. The quantitative estimate of drug-likeness (QED) is 0.0946. The van der Waals surface area contributed by atoms with Crippen molar-refractivity contribution in [2.45, 2.75) is 136 Å². The van der Waals surface area contributed by atoms with Crippen molar-refractivity contribution in [3.63, 3.8) is 0 Å². The standard InChI is InChI=1S/C42H66N6O7S/c1-8-28(4)37(46-40(54)33-19-14-16-22-47(33)6)42(55)48(7)34(27(2)3)25-35(49)41-45-32(26-56-41)39(53)44-31(24-30-17-11-9-12-18-30)23-29(5)38(52)43-21-15-10-13-20-36(50)51/h9,11-12,17-18,26-29,31,33-35,37,49H,8,10,13-16,19-25H2,1-7H3,(H,43,52)(H,44,53)(H,46,54)(H,50,51)/t28-,29-,31+,33-,34?,35?,37-/m0/s1. The minimum Gasteiger partial charge on any atom is -0.481 e. The first-order valence-corrected chi connectivity index (χ1v) is 21.3. The van der Waals surface area contributed by atoms with Crippen LogP contribution in [0.3, 0.4) is 0 Å². The smallest absolute Gasteiger partial charge is 0.303 e. The number of likely N-dealkylation sites (N-methyl/N-ethyl adjacent to an activating group) is 2. The van der Waals surface area contributed by atoms with Gasteiger partial charge in [-0.2, -0.15) is 0 Å². The fourth-order valence-corrected chi connectivity index (χ4v) is 8.12. The molecule has 0 aliphatic carbocycles. The number of thiazole rings is 1. The van der Waals surface area contributed by atoms with Crippen molar-refractivity contribution in [2.24, 2.45) is 17.8 Å². The average Bonchev–Trinajstić information content (AvgIpc) is 3.67. The Morgan fingerprint density at radius 3 is 2.36 bits per heavy atom. The number of unbranched alkanes of at least 4 members (excludes halogenated alkanes) is 2. The minimum absolute atomic E-state index is 0.0195. The Labute approximate surface area is 337 Å². The zero-order valence-electron chi connectivity index (χ0n) is 34.5. The minimum atomic E-state index is -1.04. The van der Waals surface area contributed by atoms with Gasteiger partial charge < -0.3 is 31.1 Å². The second-order valence-electron chi connectivity index (χ2n) is 15.9. The maximum atomic E-state index is 14.1. The fourth-order valence-electron chi connectivity index (χ4n) is 7.32. The van der Waals surface area contributed by atoms with Crippen molar-refractivity contribution in [1.29, 1.82) is 0 Å². The number of aliphatic carboxylic acids is 1. The number of piperidine rings is 1. The molecule has 0 spiro atoms. The molecule has 1 aromatic heterocycles. The lowest BCUT2D eigenvalue weighted by molar-refractivity contribution is -0.141. The van der Waals surface area contributed by atoms with Gasteiger partial charge in [0.15, 0.2) is 0 Å². The molecule has 3 rings (SSSR count). The molecule has 1 saturated heterocycles. The number of benzene rings is 1. The van der Waals surface area contributed by atoms with E-state index < -0.39 is 29.9 Å². The largest absolute Gasteiger partial charge is 0.481 e. The highest BCUT2D eigenvalue weighted by atomic mass is 32.1. The molecule has 5 N–H and O–H groups in total. The van der Waals surface area contributed by atoms with Crippen LogP contribution in [0.5, 0.6) is 0 Å². The number of nitrogens with one attached hydrogen (secondary N) is 3. The normalized spacial score (nSPS) is 17.9. The summed E-state index contributed by atoms with van der Waals surface area (Å²) in [5.74, 6) is -2.20. The van der Waals surface area contributed by atoms with E-state index in [0.717, 1.165) is 31.4 Å². The van der Waals surface area contributed by atoms with E-state index in [0.29, 0.717) is 50.1 Å². The second kappa shape index (κ2) is 23.4. The van der Waals surface area contributed by atoms with Crippen molar-refractivity contribution in [2.75, 3.05) is 27.2 Å². The summed E-state index contributed by atoms with van der Waals surface area (Å²) in [6.45, 7) is 11.1. The first kappa shape index (κ1) is 46.5. The maximum absolute atomic E-state index is 14.1. The van der Waals surface area contributed by atoms with Gasteiger partial charge in [0.25, 0.3) is 5.91 Å². The summed E-state index contributed by atoms with van der Waals surface area (Å²) in [6.07, 6.45) is 5.63. The molecule has 4 amide bonds. The van der Waals surface area contributed by atoms with Gasteiger partial charge in [-0.25, -0.2) is 4.98 Å². The molecular weight excluding hydrogens is 733 g/mol. The molecule has 0 saturated carbocycles. The molecule has 13 nitrogen and oxygen atoms in total. The number of rotatable bonds is 23. The Morgan fingerprint density at radius 1 is 1.00 bits per heavy atom. The number of carbonyl (C=O) groups excluding carboxylic acids is 4. The van der Waals surface area contributed by atoms with Crippen LogP contribution in [-0.2, 0) is 25.6 Å². The summed E-state index contributed by atoms with van der Waals surface area (Å²) in [7, 11) is 3.68. The Kier molecular flexibility index (Phi) is 19.4. The Morgan fingerprint density at radius 2 is 1.71 bits per heavy atom. The molecule has 7 atom stereocenters. The van der Waals surface area contributed by atoms with Crippen molar-refractivity contribution in [3.8, 4) is 0 Å². The zero-order valence-corrected chi connectivity index (χ0v) is 35.3. The number of aromatic nitrogens is 1. The number of aliphatic hydroxyl groups is 1. The van der Waals surface area contributed by atoms with Crippen LogP contribution in [-0.4, -0.2) is 106 Å². The molecule has 0 radical (unpaired) electrons. The van der Waals surface area contributed by atoms with E-state index in [1.165, 1.54) is 11.3 Å². The summed E-state index contributed by atoms with van der Waals surface area (Å²) >= 11 is 1.18. The van der Waals surface area contributed by atoms with E-state index in [1.54, 1.807) is 17.3 Å². The van der Waals surface area contributed by atoms with Gasteiger partial charge in [-0.15, -0.1) is 11.3 Å². The Hall–Kier alpha value is -3.88. The molecule has 1 aliphatic heterocycles. The van der Waals surface area contributed by atoms with Gasteiger partial charge in [0.1, 0.15) is 22.8 Å². The number of likely N-dealkylation sites (tertiary alicyclic amines) is 1. The molecule has 0 bridgehead atoms. The summed E-state index contributed by atoms with van der Waals surface area (Å²) < 4.78 is 0. The summed E-state index contributed by atoms with van der Waals surface area (Å²) in [5.41, 5.74) is 1.17. The average molecular weight is 799 g/mol. The Bertz CT molecular complexity index is 1550. The molecule has 56 heavy (non-hydrogen) atoms. The summed E-state index contributed by atoms with van der Waals surface area (Å²) in [4.78, 5) is 73.0. The van der Waals surface area contributed by atoms with Crippen LogP contribution in [0.1, 0.15) is 126 Å². The molecule has 312 valence electrons. The molecule has 2 heterocycles. The van der Waals surface area contributed by atoms with Gasteiger partial charge in [-0.05, 0) is 69.5 Å². The molecule has 2 aromatic rings. The van der Waals surface area contributed by atoms with E-state index in [4.69, 9.17) is 5.11 Å². The van der Waals surface area contributed by atoms with Gasteiger partial charge in [0.05, 0.1) is 6.04 Å². The van der Waals surface area contributed by atoms with Gasteiger partial charge in [-0.1, -0.05) is 84.2 Å². The molecule has 14 heteroatoms. The highest BCUT2D eigenvalue weighted by Gasteiger charge is 2.36. The van der Waals surface area contributed by atoms with Crippen LogP contribution in [0.15, 0.2) is 35.7 Å². The number of carboxylic acid groups (broad SMARTS) is 1. The zero-order chi connectivity index (χ0) is 41.4. The third-order valence-electron chi connectivity index (χ3n) is 11.1. The second-order valence-corrected chi connectivity index (χ2v) is 16.8. The molecule has 1 aromatic carbocycles. The van der Waals surface area contributed by atoms with Crippen molar-refractivity contribution in [1.82, 2.24) is 30.7 Å². The van der Waals surface area contributed by atoms with Gasteiger partial charge >= 0.3 is 5.97 Å². The van der Waals surface area contributed by atoms with E-state index in [9.17, 15) is 29.1 Å². The number of hydrogen-bond donors (Lipinski definition) is 5. The third kappa shape index (κ3) is 14.6. The van der Waals surface area contributed by atoms with E-state index in [2.05, 4.69) is 25.8 Å². The number of hydrogen-bond acceptors (Lipinski definition) is 9. The molecule has 1 aliphatic rings. The first-order valence-electron chi connectivity index (χ1n) is 20.4. The van der Waals surface area contributed by atoms with E-state index in [1.807, 2.05) is 72.0 Å². The maximum Gasteiger partial charge on any atom is 0.303 e. The number of amides is 4. The lowest BCUT2D eigenvalue weighted by Gasteiger charge is -2.38. The van der Waals surface area contributed by atoms with Crippen molar-refractivity contribution >= 4 is 40.9 Å². The first-order chi connectivity index (χ1) is 26.6. The molecule has 2 unspecified atom stereocenters. The van der Waals surface area contributed by atoms with Gasteiger partial charge in [-0.3, -0.25) is 28.9 Å². The lowest BCUT2D eigenvalue weighted by Crippen LogP contribution is -2.58. The van der Waals surface area contributed by atoms with E-state index >= 15 is 0 Å². The van der Waals surface area contributed by atoms with Gasteiger partial charge in [0.2, 0.25) is 17.7 Å². The fraction of sp³-hybridized carbons (Fsp3) is 0.667. The number of carbonyl (C=O) groups is 5.